The van der Waals surface area contributed by atoms with Crippen LogP contribution in [0.4, 0.5) is 11.4 Å². The van der Waals surface area contributed by atoms with Gasteiger partial charge in [0.05, 0.1) is 19.3 Å². The smallest absolute Gasteiger partial charge is 0.338 e. The summed E-state index contributed by atoms with van der Waals surface area (Å²) in [5.74, 6) is -2.31. The standard InChI is InChI=1S/C21H24N2O7S/c1-4-30-21(26)15-5-7-17(8-6-15)23-20(25)14(2)31(27,28)13-19(24)22-16-9-11-18(29-3)12-10-16/h5-12,14H,4,13H2,1-3H3,(H,22,24)(H,23,25). The molecule has 0 bridgehead atoms. The van der Waals surface area contributed by atoms with Gasteiger partial charge in [-0.25, -0.2) is 13.2 Å². The van der Waals surface area contributed by atoms with E-state index in [0.29, 0.717) is 22.7 Å². The SMILES string of the molecule is CCOC(=O)c1ccc(NC(=O)C(C)S(=O)(=O)CC(=O)Nc2ccc(OC)cc2)cc1. The highest BCUT2D eigenvalue weighted by molar-refractivity contribution is 7.93. The van der Waals surface area contributed by atoms with Crippen molar-refractivity contribution in [2.75, 3.05) is 30.1 Å². The van der Waals surface area contributed by atoms with Gasteiger partial charge in [0, 0.05) is 11.4 Å². The van der Waals surface area contributed by atoms with Crippen LogP contribution in [0.5, 0.6) is 5.75 Å². The van der Waals surface area contributed by atoms with Gasteiger partial charge in [-0.05, 0) is 62.4 Å². The molecule has 10 heteroatoms. The number of nitrogens with one attached hydrogen (secondary N) is 2. The van der Waals surface area contributed by atoms with Gasteiger partial charge in [0.1, 0.15) is 16.8 Å². The minimum Gasteiger partial charge on any atom is -0.497 e. The number of rotatable bonds is 9. The lowest BCUT2D eigenvalue weighted by molar-refractivity contribution is -0.115. The van der Waals surface area contributed by atoms with Crippen LogP contribution in [0, 0.1) is 0 Å². The van der Waals surface area contributed by atoms with Crippen molar-refractivity contribution in [3.05, 3.63) is 54.1 Å². The third-order valence-corrected chi connectivity index (χ3v) is 6.23. The van der Waals surface area contributed by atoms with Gasteiger partial charge in [-0.3, -0.25) is 9.59 Å². The van der Waals surface area contributed by atoms with Crippen LogP contribution in [0.25, 0.3) is 0 Å². The van der Waals surface area contributed by atoms with Gasteiger partial charge in [0.25, 0.3) is 0 Å². The number of hydrogen-bond donors (Lipinski definition) is 2. The molecule has 0 aliphatic carbocycles. The lowest BCUT2D eigenvalue weighted by atomic mass is 10.2. The van der Waals surface area contributed by atoms with Crippen molar-refractivity contribution in [1.29, 1.82) is 0 Å². The maximum Gasteiger partial charge on any atom is 0.338 e. The highest BCUT2D eigenvalue weighted by atomic mass is 32.2. The summed E-state index contributed by atoms with van der Waals surface area (Å²) in [7, 11) is -2.56. The molecule has 2 aromatic rings. The van der Waals surface area contributed by atoms with Crippen LogP contribution in [-0.2, 0) is 24.2 Å². The highest BCUT2D eigenvalue weighted by Gasteiger charge is 2.30. The first-order valence-corrected chi connectivity index (χ1v) is 11.1. The van der Waals surface area contributed by atoms with E-state index in [9.17, 15) is 22.8 Å². The molecule has 0 saturated carbocycles. The Morgan fingerprint density at radius 2 is 1.48 bits per heavy atom. The molecule has 0 radical (unpaired) electrons. The molecule has 2 aromatic carbocycles. The van der Waals surface area contributed by atoms with Crippen LogP contribution in [0.1, 0.15) is 24.2 Å². The maximum absolute atomic E-state index is 12.5. The summed E-state index contributed by atoms with van der Waals surface area (Å²) in [5.41, 5.74) is 1.01. The van der Waals surface area contributed by atoms with E-state index in [1.54, 1.807) is 31.2 Å². The molecule has 0 aliphatic heterocycles. The lowest BCUT2D eigenvalue weighted by Gasteiger charge is -2.14. The lowest BCUT2D eigenvalue weighted by Crippen LogP contribution is -2.37. The van der Waals surface area contributed by atoms with Gasteiger partial charge in [0.2, 0.25) is 11.8 Å². The number of carbonyl (C=O) groups excluding carboxylic acids is 3. The van der Waals surface area contributed by atoms with Crippen molar-refractivity contribution in [3.8, 4) is 5.75 Å². The molecule has 0 fully saturated rings. The predicted molar refractivity (Wildman–Crippen MR) is 116 cm³/mol. The summed E-state index contributed by atoms with van der Waals surface area (Å²) >= 11 is 0. The Bertz CT molecular complexity index is 1030. The van der Waals surface area contributed by atoms with Crippen LogP contribution in [0.2, 0.25) is 0 Å². The Labute approximate surface area is 180 Å². The first-order valence-electron chi connectivity index (χ1n) is 9.39. The fourth-order valence-corrected chi connectivity index (χ4v) is 3.56. The number of sulfone groups is 1. The molecular weight excluding hydrogens is 424 g/mol. The monoisotopic (exact) mass is 448 g/mol. The summed E-state index contributed by atoms with van der Waals surface area (Å²) in [6.45, 7) is 3.13. The Kier molecular flexibility index (Phi) is 8.14. The van der Waals surface area contributed by atoms with Gasteiger partial charge in [0.15, 0.2) is 9.84 Å². The second-order valence-corrected chi connectivity index (χ2v) is 8.83. The van der Waals surface area contributed by atoms with E-state index in [4.69, 9.17) is 9.47 Å². The van der Waals surface area contributed by atoms with Gasteiger partial charge in [-0.1, -0.05) is 0 Å². The summed E-state index contributed by atoms with van der Waals surface area (Å²) in [5, 5.41) is 3.48. The molecular formula is C21H24N2O7S. The minimum atomic E-state index is -4.06. The zero-order chi connectivity index (χ0) is 23.0. The average Bonchev–Trinajstić information content (AvgIpc) is 2.74. The number of hydrogen-bond acceptors (Lipinski definition) is 7. The number of amides is 2. The second-order valence-electron chi connectivity index (χ2n) is 6.51. The molecule has 166 valence electrons. The van der Waals surface area contributed by atoms with Crippen molar-refractivity contribution in [1.82, 2.24) is 0 Å². The Balaban J connectivity index is 1.96. The summed E-state index contributed by atoms with van der Waals surface area (Å²) in [4.78, 5) is 36.1. The zero-order valence-corrected chi connectivity index (χ0v) is 18.2. The zero-order valence-electron chi connectivity index (χ0n) is 17.4. The third kappa shape index (κ3) is 6.82. The molecule has 0 aliphatic rings. The fourth-order valence-electron chi connectivity index (χ4n) is 2.49. The molecule has 31 heavy (non-hydrogen) atoms. The topological polar surface area (TPSA) is 128 Å². The Morgan fingerprint density at radius 3 is 2.03 bits per heavy atom. The molecule has 0 heterocycles. The van der Waals surface area contributed by atoms with E-state index in [2.05, 4.69) is 10.6 Å². The summed E-state index contributed by atoms with van der Waals surface area (Å²) < 4.78 is 34.8. The minimum absolute atomic E-state index is 0.235. The number of methoxy groups -OCH3 is 1. The van der Waals surface area contributed by atoms with Gasteiger partial charge < -0.3 is 20.1 Å². The van der Waals surface area contributed by atoms with Gasteiger partial charge in [-0.15, -0.1) is 0 Å². The average molecular weight is 448 g/mol. The number of esters is 1. The normalized spacial score (nSPS) is 11.8. The van der Waals surface area contributed by atoms with E-state index >= 15 is 0 Å². The maximum atomic E-state index is 12.5. The van der Waals surface area contributed by atoms with Crippen LogP contribution < -0.4 is 15.4 Å². The quantitative estimate of drug-likeness (QED) is 0.563. The highest BCUT2D eigenvalue weighted by Crippen LogP contribution is 2.16. The Morgan fingerprint density at radius 1 is 0.935 bits per heavy atom. The largest absolute Gasteiger partial charge is 0.497 e. The first kappa shape index (κ1) is 23.9. The fraction of sp³-hybridized carbons (Fsp3) is 0.286. The second kappa shape index (κ2) is 10.6. The molecule has 0 spiro atoms. The molecule has 2 amide bonds. The van der Waals surface area contributed by atoms with Crippen molar-refractivity contribution >= 4 is 39.0 Å². The van der Waals surface area contributed by atoms with Gasteiger partial charge in [-0.2, -0.15) is 0 Å². The molecule has 2 N–H and O–H groups in total. The summed E-state index contributed by atoms with van der Waals surface area (Å²) in [6.07, 6.45) is 0. The summed E-state index contributed by atoms with van der Waals surface area (Å²) in [6, 6.07) is 12.2. The molecule has 1 atom stereocenters. The number of anilines is 2. The van der Waals surface area contributed by atoms with E-state index in [0.717, 1.165) is 0 Å². The molecule has 0 saturated heterocycles. The van der Waals surface area contributed by atoms with E-state index < -0.39 is 38.6 Å². The van der Waals surface area contributed by atoms with Crippen LogP contribution in [0.15, 0.2) is 48.5 Å². The first-order chi connectivity index (χ1) is 14.7. The molecule has 0 aromatic heterocycles. The molecule has 9 nitrogen and oxygen atoms in total. The molecule has 2 rings (SSSR count). The predicted octanol–water partition coefficient (Wildman–Crippen LogP) is 2.25. The number of ether oxygens (including phenoxy) is 2. The van der Waals surface area contributed by atoms with Crippen LogP contribution in [0.3, 0.4) is 0 Å². The van der Waals surface area contributed by atoms with Crippen molar-refractivity contribution in [2.24, 2.45) is 0 Å². The number of carbonyl (C=O) groups is 3. The van der Waals surface area contributed by atoms with E-state index in [1.165, 1.54) is 38.3 Å². The molecule has 1 unspecified atom stereocenters. The van der Waals surface area contributed by atoms with Crippen LogP contribution >= 0.6 is 0 Å². The van der Waals surface area contributed by atoms with Crippen molar-refractivity contribution in [3.63, 3.8) is 0 Å². The van der Waals surface area contributed by atoms with Crippen LogP contribution in [-0.4, -0.2) is 50.9 Å². The van der Waals surface area contributed by atoms with Gasteiger partial charge >= 0.3 is 5.97 Å². The van der Waals surface area contributed by atoms with Crippen molar-refractivity contribution < 1.29 is 32.3 Å². The number of benzene rings is 2. The van der Waals surface area contributed by atoms with Crippen molar-refractivity contribution in [2.45, 2.75) is 19.1 Å². The van der Waals surface area contributed by atoms with E-state index in [-0.39, 0.29) is 6.61 Å². The van der Waals surface area contributed by atoms with E-state index in [1.807, 2.05) is 0 Å². The Hall–Kier alpha value is -3.40. The third-order valence-electron chi connectivity index (χ3n) is 4.28.